The van der Waals surface area contributed by atoms with E-state index < -0.39 is 0 Å². The van der Waals surface area contributed by atoms with Gasteiger partial charge in [0.05, 0.1) is 0 Å². The van der Waals surface area contributed by atoms with Crippen LogP contribution in [0.2, 0.25) is 0 Å². The van der Waals surface area contributed by atoms with Gasteiger partial charge in [-0.25, -0.2) is 0 Å². The van der Waals surface area contributed by atoms with Crippen LogP contribution in [0.3, 0.4) is 0 Å². The van der Waals surface area contributed by atoms with Gasteiger partial charge < -0.3 is 16.0 Å². The normalized spacial score (nSPS) is 15.6. The minimum Gasteiger partial charge on any atom is -0.339 e. The summed E-state index contributed by atoms with van der Waals surface area (Å²) in [7, 11) is 0. The first kappa shape index (κ1) is 18.5. The Bertz CT molecular complexity index is 514. The van der Waals surface area contributed by atoms with Crippen LogP contribution in [0.25, 0.3) is 0 Å². The van der Waals surface area contributed by atoms with Gasteiger partial charge in [-0.05, 0) is 44.4 Å². The van der Waals surface area contributed by atoms with E-state index in [9.17, 15) is 9.59 Å². The molecule has 0 radical (unpaired) electrons. The van der Waals surface area contributed by atoms with Gasteiger partial charge in [0.1, 0.15) is 0 Å². The Kier molecular flexibility index (Phi) is 7.35. The number of rotatable bonds is 4. The number of nitrogens with zero attached hydrogens (tertiary/aromatic N) is 1. The lowest BCUT2D eigenvalue weighted by Gasteiger charge is -2.26. The average Bonchev–Trinajstić information content (AvgIpc) is 2.46. The number of likely N-dealkylation sites (tertiary alicyclic amines) is 1. The van der Waals surface area contributed by atoms with Crippen molar-refractivity contribution in [1.82, 2.24) is 4.90 Å². The lowest BCUT2D eigenvalue weighted by molar-refractivity contribution is -0.116. The van der Waals surface area contributed by atoms with E-state index in [0.29, 0.717) is 11.3 Å². The molecule has 1 aliphatic rings. The fourth-order valence-corrected chi connectivity index (χ4v) is 2.51. The summed E-state index contributed by atoms with van der Waals surface area (Å²) in [5.41, 5.74) is 6.86. The number of nitrogens with two attached hydrogens (primary N) is 1. The third kappa shape index (κ3) is 5.31. The van der Waals surface area contributed by atoms with Gasteiger partial charge in [0.2, 0.25) is 5.91 Å². The fraction of sp³-hybridized carbons (Fsp3) is 0.500. The molecule has 5 nitrogen and oxygen atoms in total. The van der Waals surface area contributed by atoms with E-state index in [0.717, 1.165) is 25.9 Å². The standard InChI is InChI=1S/C16H23N3O2.ClH/c1-12(17)10-15(20)18-14-7-5-6-13(11-14)16(21)19-8-3-2-4-9-19;/h5-7,11-12H,2-4,8-10,17H2,1H3,(H,18,20);1H. The Labute approximate surface area is 137 Å². The van der Waals surface area contributed by atoms with E-state index >= 15 is 0 Å². The molecule has 1 aromatic carbocycles. The number of hydrogen-bond acceptors (Lipinski definition) is 3. The first-order valence-electron chi connectivity index (χ1n) is 7.51. The van der Waals surface area contributed by atoms with Crippen molar-refractivity contribution in [2.24, 2.45) is 5.73 Å². The van der Waals surface area contributed by atoms with Crippen LogP contribution in [-0.4, -0.2) is 35.8 Å². The minimum atomic E-state index is -0.178. The third-order valence-corrected chi connectivity index (χ3v) is 3.54. The Morgan fingerprint density at radius 2 is 1.95 bits per heavy atom. The SMILES string of the molecule is CC(N)CC(=O)Nc1cccc(C(=O)N2CCCCC2)c1.Cl. The van der Waals surface area contributed by atoms with Gasteiger partial charge in [0, 0.05) is 36.8 Å². The number of benzene rings is 1. The van der Waals surface area contributed by atoms with Crippen molar-refractivity contribution in [3.63, 3.8) is 0 Å². The Morgan fingerprint density at radius 3 is 2.59 bits per heavy atom. The fourth-order valence-electron chi connectivity index (χ4n) is 2.51. The Morgan fingerprint density at radius 1 is 1.27 bits per heavy atom. The van der Waals surface area contributed by atoms with Gasteiger partial charge in [-0.2, -0.15) is 0 Å². The van der Waals surface area contributed by atoms with E-state index in [-0.39, 0.29) is 36.7 Å². The smallest absolute Gasteiger partial charge is 0.253 e. The lowest BCUT2D eigenvalue weighted by atomic mass is 10.1. The second-order valence-electron chi connectivity index (χ2n) is 5.66. The molecule has 0 aromatic heterocycles. The van der Waals surface area contributed by atoms with Crippen molar-refractivity contribution in [1.29, 1.82) is 0 Å². The van der Waals surface area contributed by atoms with Crippen molar-refractivity contribution in [3.8, 4) is 0 Å². The highest BCUT2D eigenvalue weighted by atomic mass is 35.5. The second kappa shape index (κ2) is 8.76. The summed E-state index contributed by atoms with van der Waals surface area (Å²) >= 11 is 0. The number of hydrogen-bond donors (Lipinski definition) is 2. The zero-order valence-corrected chi connectivity index (χ0v) is 13.7. The first-order chi connectivity index (χ1) is 10.1. The molecule has 2 amide bonds. The Hall–Kier alpha value is -1.59. The molecule has 0 saturated carbocycles. The number of carbonyl (C=O) groups excluding carboxylic acids is 2. The topological polar surface area (TPSA) is 75.4 Å². The van der Waals surface area contributed by atoms with Gasteiger partial charge in [-0.15, -0.1) is 12.4 Å². The summed E-state index contributed by atoms with van der Waals surface area (Å²) in [6, 6.07) is 6.92. The molecule has 0 spiro atoms. The van der Waals surface area contributed by atoms with E-state index in [1.54, 1.807) is 31.2 Å². The van der Waals surface area contributed by atoms with Crippen LogP contribution < -0.4 is 11.1 Å². The predicted molar refractivity (Wildman–Crippen MR) is 90.3 cm³/mol. The molecule has 122 valence electrons. The molecule has 1 fully saturated rings. The van der Waals surface area contributed by atoms with E-state index in [2.05, 4.69) is 5.32 Å². The summed E-state index contributed by atoms with van der Waals surface area (Å²) in [6.07, 6.45) is 3.59. The van der Waals surface area contributed by atoms with Crippen LogP contribution in [-0.2, 0) is 4.79 Å². The molecule has 1 aliphatic heterocycles. The highest BCUT2D eigenvalue weighted by molar-refractivity contribution is 5.97. The number of halogens is 1. The van der Waals surface area contributed by atoms with Gasteiger partial charge in [-0.1, -0.05) is 6.07 Å². The molecule has 3 N–H and O–H groups in total. The lowest BCUT2D eigenvalue weighted by Crippen LogP contribution is -2.35. The largest absolute Gasteiger partial charge is 0.339 e. The maximum atomic E-state index is 12.4. The van der Waals surface area contributed by atoms with Gasteiger partial charge in [0.25, 0.3) is 5.91 Å². The van der Waals surface area contributed by atoms with Crippen molar-refractivity contribution < 1.29 is 9.59 Å². The monoisotopic (exact) mass is 325 g/mol. The van der Waals surface area contributed by atoms with Crippen LogP contribution in [0.1, 0.15) is 43.0 Å². The molecule has 0 aliphatic carbocycles. The summed E-state index contributed by atoms with van der Waals surface area (Å²) in [4.78, 5) is 26.0. The molecule has 1 atom stereocenters. The number of amides is 2. The van der Waals surface area contributed by atoms with Crippen molar-refractivity contribution in [2.45, 2.75) is 38.6 Å². The maximum absolute atomic E-state index is 12.4. The minimum absolute atomic E-state index is 0. The molecule has 0 bridgehead atoms. The van der Waals surface area contributed by atoms with E-state index in [1.807, 2.05) is 4.90 Å². The number of carbonyl (C=O) groups is 2. The molecular weight excluding hydrogens is 302 g/mol. The van der Waals surface area contributed by atoms with Crippen LogP contribution in [0, 0.1) is 0 Å². The van der Waals surface area contributed by atoms with E-state index in [4.69, 9.17) is 5.73 Å². The van der Waals surface area contributed by atoms with Crippen LogP contribution >= 0.6 is 12.4 Å². The van der Waals surface area contributed by atoms with Crippen LogP contribution in [0.4, 0.5) is 5.69 Å². The molecule has 1 aromatic rings. The zero-order valence-electron chi connectivity index (χ0n) is 12.9. The first-order valence-corrected chi connectivity index (χ1v) is 7.51. The highest BCUT2D eigenvalue weighted by Crippen LogP contribution is 2.16. The number of nitrogens with one attached hydrogen (secondary N) is 1. The van der Waals surface area contributed by atoms with Crippen molar-refractivity contribution >= 4 is 29.9 Å². The molecule has 1 unspecified atom stereocenters. The summed E-state index contributed by atoms with van der Waals surface area (Å²) in [5, 5.41) is 2.78. The molecule has 1 heterocycles. The molecule has 22 heavy (non-hydrogen) atoms. The third-order valence-electron chi connectivity index (χ3n) is 3.54. The quantitative estimate of drug-likeness (QED) is 0.892. The highest BCUT2D eigenvalue weighted by Gasteiger charge is 2.18. The number of piperidine rings is 1. The maximum Gasteiger partial charge on any atom is 0.253 e. The van der Waals surface area contributed by atoms with Gasteiger partial charge in [0.15, 0.2) is 0 Å². The van der Waals surface area contributed by atoms with Crippen molar-refractivity contribution in [2.75, 3.05) is 18.4 Å². The summed E-state index contributed by atoms with van der Waals surface area (Å²) in [6.45, 7) is 3.43. The van der Waals surface area contributed by atoms with Crippen LogP contribution in [0.5, 0.6) is 0 Å². The molecular formula is C16H24ClN3O2. The molecule has 6 heteroatoms. The predicted octanol–water partition coefficient (Wildman–Crippen LogP) is 2.41. The summed E-state index contributed by atoms with van der Waals surface area (Å²) in [5.74, 6) is -0.0921. The Balaban J connectivity index is 0.00000242. The molecule has 2 rings (SSSR count). The second-order valence-corrected chi connectivity index (χ2v) is 5.66. The van der Waals surface area contributed by atoms with Crippen LogP contribution in [0.15, 0.2) is 24.3 Å². The average molecular weight is 326 g/mol. The zero-order chi connectivity index (χ0) is 15.2. The van der Waals surface area contributed by atoms with Gasteiger partial charge >= 0.3 is 0 Å². The van der Waals surface area contributed by atoms with Crippen molar-refractivity contribution in [3.05, 3.63) is 29.8 Å². The molecule has 1 saturated heterocycles. The summed E-state index contributed by atoms with van der Waals surface area (Å²) < 4.78 is 0. The van der Waals surface area contributed by atoms with Gasteiger partial charge in [-0.3, -0.25) is 9.59 Å². The number of anilines is 1. The van der Waals surface area contributed by atoms with E-state index in [1.165, 1.54) is 6.42 Å².